The summed E-state index contributed by atoms with van der Waals surface area (Å²) in [6, 6.07) is 7.97. The molecule has 2 rings (SSSR count). The van der Waals surface area contributed by atoms with Crippen LogP contribution in [0.5, 0.6) is 5.75 Å². The maximum absolute atomic E-state index is 12.3. The average molecular weight is 276 g/mol. The van der Waals surface area contributed by atoms with Crippen LogP contribution in [0.25, 0.3) is 0 Å². The van der Waals surface area contributed by atoms with E-state index in [1.165, 1.54) is 0 Å². The van der Waals surface area contributed by atoms with Crippen LogP contribution in [0.2, 0.25) is 0 Å². The number of amides is 1. The number of benzene rings is 1. The monoisotopic (exact) mass is 276 g/mol. The number of methoxy groups -OCH3 is 1. The minimum atomic E-state index is 0.00607. The molecule has 1 aromatic rings. The van der Waals surface area contributed by atoms with Gasteiger partial charge in [0.05, 0.1) is 13.2 Å². The quantitative estimate of drug-likeness (QED) is 0.887. The van der Waals surface area contributed by atoms with Gasteiger partial charge in [-0.05, 0) is 43.9 Å². The van der Waals surface area contributed by atoms with Gasteiger partial charge in [-0.15, -0.1) is 0 Å². The van der Waals surface area contributed by atoms with Gasteiger partial charge in [0, 0.05) is 12.0 Å². The largest absolute Gasteiger partial charge is 0.497 e. The van der Waals surface area contributed by atoms with Crippen molar-refractivity contribution in [2.24, 2.45) is 11.7 Å². The molecule has 0 bridgehead atoms. The molecule has 0 heterocycles. The summed E-state index contributed by atoms with van der Waals surface area (Å²) in [5.41, 5.74) is 7.03. The summed E-state index contributed by atoms with van der Waals surface area (Å²) in [7, 11) is 1.65. The second kappa shape index (κ2) is 6.75. The van der Waals surface area contributed by atoms with Gasteiger partial charge in [-0.1, -0.05) is 18.6 Å². The molecule has 1 fully saturated rings. The lowest BCUT2D eigenvalue weighted by atomic mass is 9.85. The number of hydrogen-bond donors (Lipinski definition) is 2. The molecular weight excluding hydrogens is 252 g/mol. The molecule has 1 aromatic carbocycles. The predicted molar refractivity (Wildman–Crippen MR) is 79.5 cm³/mol. The van der Waals surface area contributed by atoms with Crippen LogP contribution in [-0.4, -0.2) is 19.1 Å². The Morgan fingerprint density at radius 3 is 2.65 bits per heavy atom. The van der Waals surface area contributed by atoms with E-state index in [0.29, 0.717) is 0 Å². The van der Waals surface area contributed by atoms with Crippen molar-refractivity contribution in [3.8, 4) is 5.75 Å². The van der Waals surface area contributed by atoms with E-state index in [9.17, 15) is 4.79 Å². The highest BCUT2D eigenvalue weighted by molar-refractivity contribution is 5.79. The molecule has 1 aliphatic rings. The zero-order valence-electron chi connectivity index (χ0n) is 12.3. The molecular formula is C16H24N2O2. The summed E-state index contributed by atoms with van der Waals surface area (Å²) in [5.74, 6) is 1.02. The molecule has 0 aliphatic heterocycles. The van der Waals surface area contributed by atoms with Crippen LogP contribution in [0.4, 0.5) is 0 Å². The third kappa shape index (κ3) is 3.73. The minimum absolute atomic E-state index is 0.00607. The highest BCUT2D eigenvalue weighted by Gasteiger charge is 2.26. The second-order valence-corrected chi connectivity index (χ2v) is 5.63. The van der Waals surface area contributed by atoms with E-state index in [2.05, 4.69) is 5.32 Å². The lowest BCUT2D eigenvalue weighted by molar-refractivity contribution is -0.126. The zero-order chi connectivity index (χ0) is 14.5. The Bertz CT molecular complexity index is 444. The van der Waals surface area contributed by atoms with E-state index in [4.69, 9.17) is 10.5 Å². The molecule has 3 N–H and O–H groups in total. The highest BCUT2D eigenvalue weighted by atomic mass is 16.5. The molecule has 1 aliphatic carbocycles. The summed E-state index contributed by atoms with van der Waals surface area (Å²) >= 11 is 0. The Kier molecular flexibility index (Phi) is 5.01. The summed E-state index contributed by atoms with van der Waals surface area (Å²) in [4.78, 5) is 12.3. The molecule has 0 spiro atoms. The van der Waals surface area contributed by atoms with Crippen molar-refractivity contribution in [3.63, 3.8) is 0 Å². The zero-order valence-corrected chi connectivity index (χ0v) is 12.3. The Hall–Kier alpha value is -1.55. The van der Waals surface area contributed by atoms with E-state index in [1.807, 2.05) is 31.2 Å². The Balaban J connectivity index is 1.92. The summed E-state index contributed by atoms with van der Waals surface area (Å²) in [6.07, 6.45) is 3.85. The smallest absolute Gasteiger partial charge is 0.223 e. The number of rotatable bonds is 4. The first kappa shape index (κ1) is 14.9. The number of carbonyl (C=O) groups is 1. The Morgan fingerprint density at radius 1 is 1.35 bits per heavy atom. The minimum Gasteiger partial charge on any atom is -0.497 e. The first-order valence-corrected chi connectivity index (χ1v) is 7.30. The van der Waals surface area contributed by atoms with Crippen molar-refractivity contribution in [1.29, 1.82) is 0 Å². The number of nitrogens with two attached hydrogens (primary N) is 1. The van der Waals surface area contributed by atoms with Crippen LogP contribution in [0.15, 0.2) is 24.3 Å². The van der Waals surface area contributed by atoms with Crippen molar-refractivity contribution in [1.82, 2.24) is 5.32 Å². The molecule has 4 nitrogen and oxygen atoms in total. The van der Waals surface area contributed by atoms with E-state index in [0.717, 1.165) is 37.0 Å². The second-order valence-electron chi connectivity index (χ2n) is 5.63. The highest BCUT2D eigenvalue weighted by Crippen LogP contribution is 2.24. The lowest BCUT2D eigenvalue weighted by Crippen LogP contribution is -2.38. The fraction of sp³-hybridized carbons (Fsp3) is 0.562. The molecule has 0 saturated heterocycles. The van der Waals surface area contributed by atoms with Crippen LogP contribution < -0.4 is 15.8 Å². The standard InChI is InChI=1S/C16H24N2O2/c1-11(12-6-8-15(20-2)9-7-12)18-16(19)13-4-3-5-14(17)10-13/h6-9,11,13-14H,3-5,10,17H2,1-2H3,(H,18,19)/t11-,13?,14?/m1/s1. The third-order valence-electron chi connectivity index (χ3n) is 4.06. The van der Waals surface area contributed by atoms with Crippen LogP contribution in [0.1, 0.15) is 44.2 Å². The predicted octanol–water partition coefficient (Wildman–Crippen LogP) is 2.39. The molecule has 0 aromatic heterocycles. The Labute approximate surface area is 120 Å². The first-order valence-electron chi connectivity index (χ1n) is 7.30. The maximum atomic E-state index is 12.3. The number of ether oxygens (including phenoxy) is 1. The SMILES string of the molecule is COc1ccc([C@@H](C)NC(=O)C2CCCC(N)C2)cc1. The molecule has 3 atom stereocenters. The van der Waals surface area contributed by atoms with Gasteiger partial charge >= 0.3 is 0 Å². The van der Waals surface area contributed by atoms with Crippen LogP contribution in [0, 0.1) is 5.92 Å². The number of nitrogens with one attached hydrogen (secondary N) is 1. The molecule has 0 radical (unpaired) electrons. The Morgan fingerprint density at radius 2 is 2.05 bits per heavy atom. The van der Waals surface area contributed by atoms with Crippen LogP contribution in [-0.2, 0) is 4.79 Å². The lowest BCUT2D eigenvalue weighted by Gasteiger charge is -2.27. The molecule has 1 saturated carbocycles. The van der Waals surface area contributed by atoms with E-state index in [1.54, 1.807) is 7.11 Å². The molecule has 4 heteroatoms. The third-order valence-corrected chi connectivity index (χ3v) is 4.06. The van der Waals surface area contributed by atoms with Crippen LogP contribution >= 0.6 is 0 Å². The summed E-state index contributed by atoms with van der Waals surface area (Å²) < 4.78 is 5.14. The van der Waals surface area contributed by atoms with Gasteiger partial charge in [-0.2, -0.15) is 0 Å². The van der Waals surface area contributed by atoms with Gasteiger partial charge in [0.25, 0.3) is 0 Å². The first-order chi connectivity index (χ1) is 9.60. The van der Waals surface area contributed by atoms with E-state index < -0.39 is 0 Å². The topological polar surface area (TPSA) is 64.3 Å². The number of carbonyl (C=O) groups excluding carboxylic acids is 1. The maximum Gasteiger partial charge on any atom is 0.223 e. The normalized spacial score (nSPS) is 23.9. The van der Waals surface area contributed by atoms with E-state index >= 15 is 0 Å². The summed E-state index contributed by atoms with van der Waals surface area (Å²) in [6.45, 7) is 2.00. The van der Waals surface area contributed by atoms with Crippen molar-refractivity contribution in [3.05, 3.63) is 29.8 Å². The van der Waals surface area contributed by atoms with Gasteiger partial charge in [0.2, 0.25) is 5.91 Å². The fourth-order valence-corrected chi connectivity index (χ4v) is 2.77. The van der Waals surface area contributed by atoms with Gasteiger partial charge in [-0.25, -0.2) is 0 Å². The molecule has 2 unspecified atom stereocenters. The van der Waals surface area contributed by atoms with Crippen molar-refractivity contribution in [2.45, 2.75) is 44.7 Å². The fourth-order valence-electron chi connectivity index (χ4n) is 2.77. The van der Waals surface area contributed by atoms with E-state index in [-0.39, 0.29) is 23.9 Å². The van der Waals surface area contributed by atoms with Gasteiger partial charge in [-0.3, -0.25) is 4.79 Å². The van der Waals surface area contributed by atoms with Crippen molar-refractivity contribution in [2.75, 3.05) is 7.11 Å². The number of hydrogen-bond acceptors (Lipinski definition) is 3. The summed E-state index contributed by atoms with van der Waals surface area (Å²) in [5, 5.41) is 3.09. The van der Waals surface area contributed by atoms with Crippen molar-refractivity contribution >= 4 is 5.91 Å². The average Bonchev–Trinajstić information content (AvgIpc) is 2.47. The van der Waals surface area contributed by atoms with Crippen molar-refractivity contribution < 1.29 is 9.53 Å². The van der Waals surface area contributed by atoms with Crippen LogP contribution in [0.3, 0.4) is 0 Å². The van der Waals surface area contributed by atoms with Gasteiger partial charge in [0.15, 0.2) is 0 Å². The van der Waals surface area contributed by atoms with Gasteiger partial charge < -0.3 is 15.8 Å². The molecule has 20 heavy (non-hydrogen) atoms. The molecule has 1 amide bonds. The van der Waals surface area contributed by atoms with Gasteiger partial charge in [0.1, 0.15) is 5.75 Å². The molecule has 110 valence electrons.